The van der Waals surface area contributed by atoms with Crippen molar-refractivity contribution < 1.29 is 14.0 Å². The predicted molar refractivity (Wildman–Crippen MR) is 107 cm³/mol. The summed E-state index contributed by atoms with van der Waals surface area (Å²) in [5.74, 6) is 4.20. The van der Waals surface area contributed by atoms with E-state index in [0.29, 0.717) is 23.5 Å². The Hall–Kier alpha value is -1.29. The van der Waals surface area contributed by atoms with Crippen LogP contribution in [0.4, 0.5) is 0 Å². The molecule has 3 aliphatic rings. The third-order valence-electron chi connectivity index (χ3n) is 7.16. The van der Waals surface area contributed by atoms with E-state index in [4.69, 9.17) is 9.16 Å². The molecule has 0 spiro atoms. The summed E-state index contributed by atoms with van der Waals surface area (Å²) in [4.78, 5) is 12.5. The fourth-order valence-corrected chi connectivity index (χ4v) is 6.80. The number of benzene rings is 1. The fourth-order valence-electron chi connectivity index (χ4n) is 5.96. The van der Waals surface area contributed by atoms with E-state index in [9.17, 15) is 4.79 Å². The number of hydrogen-bond donors (Lipinski definition) is 0. The van der Waals surface area contributed by atoms with Crippen LogP contribution in [0.5, 0.6) is 11.5 Å². The lowest BCUT2D eigenvalue weighted by molar-refractivity contribution is -0.129. The molecule has 2 saturated carbocycles. The maximum Gasteiger partial charge on any atom is 0.242 e. The number of ketones is 1. The van der Waals surface area contributed by atoms with Gasteiger partial charge in [-0.1, -0.05) is 13.0 Å². The monoisotopic (exact) mass is 372 g/mol. The molecule has 0 N–H and O–H groups in total. The van der Waals surface area contributed by atoms with Gasteiger partial charge in [0, 0.05) is 17.4 Å². The van der Waals surface area contributed by atoms with E-state index < -0.39 is 8.32 Å². The largest absolute Gasteiger partial charge is 0.542 e. The van der Waals surface area contributed by atoms with Crippen LogP contribution >= 0.6 is 0 Å². The number of fused-ring (bicyclic) bond motifs is 5. The van der Waals surface area contributed by atoms with E-state index in [1.807, 2.05) is 0 Å². The molecule has 1 aromatic carbocycles. The Bertz CT molecular complexity index is 736. The summed E-state index contributed by atoms with van der Waals surface area (Å²) in [6.07, 6.45) is 6.31. The van der Waals surface area contributed by atoms with Crippen molar-refractivity contribution in [2.75, 3.05) is 7.11 Å². The van der Waals surface area contributed by atoms with Crippen molar-refractivity contribution in [2.24, 2.45) is 17.3 Å². The minimum absolute atomic E-state index is 0.0528. The summed E-state index contributed by atoms with van der Waals surface area (Å²) in [6, 6.07) is 4.38. The molecule has 0 amide bonds. The summed E-state index contributed by atoms with van der Waals surface area (Å²) in [5, 5.41) is 0. The standard InChI is InChI=1S/C22H32O3Si/c1-22-13-12-15-14-8-10-19(24-2)21(25-26(3,4)5)17(14)7-6-16(15)18(22)9-11-20(22)23/h8,10,15-16,18H,6-7,9,11-13H2,1-5H3/t15-,16-,18+,22+/m1/s1. The molecule has 1 aromatic rings. The highest BCUT2D eigenvalue weighted by atomic mass is 28.4. The van der Waals surface area contributed by atoms with Crippen molar-refractivity contribution in [2.45, 2.75) is 71.0 Å². The number of Topliss-reactive ketones (excluding diaryl/α,β-unsaturated/α-hetero) is 1. The zero-order chi connectivity index (χ0) is 18.7. The van der Waals surface area contributed by atoms with Gasteiger partial charge in [-0.2, -0.15) is 0 Å². The van der Waals surface area contributed by atoms with Crippen LogP contribution in [0.2, 0.25) is 19.6 Å². The van der Waals surface area contributed by atoms with E-state index >= 15 is 0 Å². The number of ether oxygens (including phenoxy) is 1. The molecule has 0 saturated heterocycles. The molecule has 3 aliphatic carbocycles. The summed E-state index contributed by atoms with van der Waals surface area (Å²) < 4.78 is 12.1. The molecule has 3 nitrogen and oxygen atoms in total. The molecular weight excluding hydrogens is 340 g/mol. The van der Waals surface area contributed by atoms with Crippen LogP contribution in [0.3, 0.4) is 0 Å². The van der Waals surface area contributed by atoms with E-state index in [1.165, 1.54) is 17.5 Å². The Morgan fingerprint density at radius 1 is 1.12 bits per heavy atom. The Morgan fingerprint density at radius 3 is 2.58 bits per heavy atom. The van der Waals surface area contributed by atoms with Crippen molar-refractivity contribution in [1.82, 2.24) is 0 Å². The van der Waals surface area contributed by atoms with Crippen molar-refractivity contribution in [3.63, 3.8) is 0 Å². The summed E-state index contributed by atoms with van der Waals surface area (Å²) >= 11 is 0. The molecule has 0 heterocycles. The number of carbonyl (C=O) groups is 1. The first kappa shape index (κ1) is 18.1. The first-order chi connectivity index (χ1) is 12.2. The lowest BCUT2D eigenvalue weighted by atomic mass is 9.55. The van der Waals surface area contributed by atoms with Gasteiger partial charge >= 0.3 is 0 Å². The van der Waals surface area contributed by atoms with Crippen LogP contribution in [0.15, 0.2) is 12.1 Å². The first-order valence-corrected chi connectivity index (χ1v) is 13.6. The molecular formula is C22H32O3Si. The van der Waals surface area contributed by atoms with Gasteiger partial charge < -0.3 is 9.16 Å². The van der Waals surface area contributed by atoms with Crippen molar-refractivity contribution >= 4 is 14.1 Å². The Kier molecular flexibility index (Phi) is 4.25. The van der Waals surface area contributed by atoms with Crippen LogP contribution in [0, 0.1) is 17.3 Å². The lowest BCUT2D eigenvalue weighted by Gasteiger charge is -2.48. The normalized spacial score (nSPS) is 33.3. The van der Waals surface area contributed by atoms with Gasteiger partial charge in [-0.15, -0.1) is 0 Å². The molecule has 142 valence electrons. The second-order valence-corrected chi connectivity index (χ2v) is 14.1. The molecule has 0 radical (unpaired) electrons. The van der Waals surface area contributed by atoms with Gasteiger partial charge in [0.2, 0.25) is 8.32 Å². The molecule has 2 fully saturated rings. The van der Waals surface area contributed by atoms with Gasteiger partial charge in [-0.3, -0.25) is 4.79 Å². The maximum absolute atomic E-state index is 12.5. The highest BCUT2D eigenvalue weighted by Crippen LogP contribution is 2.60. The molecule has 26 heavy (non-hydrogen) atoms. The number of hydrogen-bond acceptors (Lipinski definition) is 3. The van der Waals surface area contributed by atoms with Crippen LogP contribution in [0.25, 0.3) is 0 Å². The molecule has 0 bridgehead atoms. The van der Waals surface area contributed by atoms with Crippen molar-refractivity contribution in [1.29, 1.82) is 0 Å². The van der Waals surface area contributed by atoms with Crippen molar-refractivity contribution in [3.05, 3.63) is 23.3 Å². The van der Waals surface area contributed by atoms with Gasteiger partial charge in [-0.05, 0) is 81.1 Å². The zero-order valence-electron chi connectivity index (χ0n) is 16.9. The van der Waals surface area contributed by atoms with Crippen LogP contribution < -0.4 is 9.16 Å². The number of carbonyl (C=O) groups excluding carboxylic acids is 1. The molecule has 0 aliphatic heterocycles. The Morgan fingerprint density at radius 2 is 1.88 bits per heavy atom. The number of methoxy groups -OCH3 is 1. The van der Waals surface area contributed by atoms with E-state index in [2.05, 4.69) is 38.7 Å². The average Bonchev–Trinajstić information content (AvgIpc) is 2.89. The smallest absolute Gasteiger partial charge is 0.242 e. The molecule has 0 aromatic heterocycles. The highest BCUT2D eigenvalue weighted by molar-refractivity contribution is 6.70. The quantitative estimate of drug-likeness (QED) is 0.672. The first-order valence-electron chi connectivity index (χ1n) is 10.2. The summed E-state index contributed by atoms with van der Waals surface area (Å²) in [5.41, 5.74) is 2.79. The third kappa shape index (κ3) is 2.72. The Labute approximate surface area is 158 Å². The summed E-state index contributed by atoms with van der Waals surface area (Å²) in [7, 11) is 0.0211. The van der Waals surface area contributed by atoms with E-state index in [0.717, 1.165) is 43.6 Å². The third-order valence-corrected chi connectivity index (χ3v) is 7.98. The lowest BCUT2D eigenvalue weighted by Crippen LogP contribution is -2.42. The molecule has 4 heteroatoms. The minimum Gasteiger partial charge on any atom is -0.542 e. The predicted octanol–water partition coefficient (Wildman–Crippen LogP) is 5.33. The molecule has 0 unspecified atom stereocenters. The highest BCUT2D eigenvalue weighted by Gasteiger charge is 2.54. The Balaban J connectivity index is 1.73. The van der Waals surface area contributed by atoms with Gasteiger partial charge in [0.25, 0.3) is 0 Å². The average molecular weight is 373 g/mol. The zero-order valence-corrected chi connectivity index (χ0v) is 17.9. The summed E-state index contributed by atoms with van der Waals surface area (Å²) in [6.45, 7) is 8.93. The molecule has 4 atom stereocenters. The van der Waals surface area contributed by atoms with E-state index in [-0.39, 0.29) is 5.41 Å². The van der Waals surface area contributed by atoms with Crippen LogP contribution in [-0.2, 0) is 11.2 Å². The second kappa shape index (κ2) is 6.12. The maximum atomic E-state index is 12.5. The van der Waals surface area contributed by atoms with Gasteiger partial charge in [0.1, 0.15) is 11.5 Å². The second-order valence-electron chi connectivity index (χ2n) is 9.71. The minimum atomic E-state index is -1.72. The molecule has 4 rings (SSSR count). The van der Waals surface area contributed by atoms with Crippen LogP contribution in [0.1, 0.15) is 56.1 Å². The topological polar surface area (TPSA) is 35.5 Å². The number of rotatable bonds is 3. The van der Waals surface area contributed by atoms with Crippen molar-refractivity contribution in [3.8, 4) is 11.5 Å². The van der Waals surface area contributed by atoms with Gasteiger partial charge in [-0.25, -0.2) is 0 Å². The van der Waals surface area contributed by atoms with E-state index in [1.54, 1.807) is 7.11 Å². The SMILES string of the molecule is COc1ccc2c(c1O[Si](C)(C)C)CC[C@@H]1[C@@H]2CC[C@]2(C)C(=O)CC[C@@H]12. The fraction of sp³-hybridized carbons (Fsp3) is 0.682. The van der Waals surface area contributed by atoms with Gasteiger partial charge in [0.15, 0.2) is 5.75 Å². The van der Waals surface area contributed by atoms with Crippen LogP contribution in [-0.4, -0.2) is 21.2 Å². The van der Waals surface area contributed by atoms with Gasteiger partial charge in [0.05, 0.1) is 7.11 Å².